The normalized spacial score (nSPS) is 46.8. The predicted octanol–water partition coefficient (Wildman–Crippen LogP) is 8.45. The first-order valence-electron chi connectivity index (χ1n) is 13.9. The SMILES string of the molecule is CC(=O)O[C@@H]1C[C@@]2(C)[C@@H](CC[C@H]3[C@H]4CC[C@H]([C@H](C)CCCC(C)C)[C@]4(C)CC[C@H]32)C[C@@H]1I. The van der Waals surface area contributed by atoms with Crippen molar-refractivity contribution in [2.45, 2.75) is 122 Å². The number of fused-ring (bicyclic) bond motifs is 5. The van der Waals surface area contributed by atoms with Gasteiger partial charge in [0.1, 0.15) is 6.10 Å². The minimum absolute atomic E-state index is 0.0904. The van der Waals surface area contributed by atoms with Crippen LogP contribution < -0.4 is 0 Å². The molecule has 4 rings (SSSR count). The third kappa shape index (κ3) is 4.55. The zero-order valence-corrected chi connectivity index (χ0v) is 23.8. The molecule has 184 valence electrons. The van der Waals surface area contributed by atoms with Crippen molar-refractivity contribution in [1.29, 1.82) is 0 Å². The van der Waals surface area contributed by atoms with Gasteiger partial charge in [-0.25, -0.2) is 0 Å². The van der Waals surface area contributed by atoms with Crippen LogP contribution in [0, 0.1) is 52.3 Å². The van der Waals surface area contributed by atoms with Crippen molar-refractivity contribution in [1.82, 2.24) is 0 Å². The molecule has 0 aromatic rings. The Morgan fingerprint density at radius 3 is 2.41 bits per heavy atom. The Morgan fingerprint density at radius 2 is 1.72 bits per heavy atom. The average Bonchev–Trinajstić information content (AvgIpc) is 3.05. The second-order valence-electron chi connectivity index (χ2n) is 13.3. The predicted molar refractivity (Wildman–Crippen MR) is 142 cm³/mol. The second kappa shape index (κ2) is 9.69. The van der Waals surface area contributed by atoms with E-state index in [2.05, 4.69) is 57.2 Å². The number of rotatable bonds is 6. The maximum absolute atomic E-state index is 11.8. The molecule has 0 aliphatic heterocycles. The summed E-state index contributed by atoms with van der Waals surface area (Å²) < 4.78 is 6.35. The Kier molecular flexibility index (Phi) is 7.66. The van der Waals surface area contributed by atoms with Gasteiger partial charge in [0.25, 0.3) is 0 Å². The molecular weight excluding hydrogens is 507 g/mol. The van der Waals surface area contributed by atoms with Crippen molar-refractivity contribution in [3.63, 3.8) is 0 Å². The second-order valence-corrected chi connectivity index (χ2v) is 14.9. The Bertz CT molecular complexity index is 676. The lowest BCUT2D eigenvalue weighted by Crippen LogP contribution is -2.56. The Morgan fingerprint density at radius 1 is 1.00 bits per heavy atom. The monoisotopic (exact) mass is 556 g/mol. The van der Waals surface area contributed by atoms with E-state index < -0.39 is 0 Å². The third-order valence-corrected chi connectivity index (χ3v) is 12.4. The number of hydrogen-bond acceptors (Lipinski definition) is 2. The molecule has 4 fully saturated rings. The van der Waals surface area contributed by atoms with Crippen LogP contribution in [0.2, 0.25) is 0 Å². The molecule has 4 aliphatic carbocycles. The zero-order valence-electron chi connectivity index (χ0n) is 21.7. The molecule has 3 heteroatoms. The van der Waals surface area contributed by atoms with E-state index in [-0.39, 0.29) is 12.1 Å². The molecule has 4 aliphatic rings. The van der Waals surface area contributed by atoms with Crippen molar-refractivity contribution >= 4 is 28.6 Å². The van der Waals surface area contributed by atoms with E-state index in [0.717, 1.165) is 47.8 Å². The Balaban J connectivity index is 1.48. The molecule has 0 amide bonds. The van der Waals surface area contributed by atoms with Gasteiger partial charge < -0.3 is 4.74 Å². The number of halogens is 1. The first kappa shape index (κ1) is 25.3. The van der Waals surface area contributed by atoms with Gasteiger partial charge in [-0.2, -0.15) is 0 Å². The fourth-order valence-corrected chi connectivity index (χ4v) is 10.6. The van der Waals surface area contributed by atoms with E-state index in [1.807, 2.05) is 0 Å². The molecule has 0 heterocycles. The Hall–Kier alpha value is 0.200. The Labute approximate surface area is 211 Å². The van der Waals surface area contributed by atoms with Gasteiger partial charge in [-0.3, -0.25) is 4.79 Å². The lowest BCUT2D eigenvalue weighted by molar-refractivity contribution is -0.161. The number of ether oxygens (including phenoxy) is 1. The van der Waals surface area contributed by atoms with Crippen LogP contribution >= 0.6 is 22.6 Å². The fraction of sp³-hybridized carbons (Fsp3) is 0.966. The molecule has 4 saturated carbocycles. The summed E-state index contributed by atoms with van der Waals surface area (Å²) in [5.74, 6) is 6.08. The highest BCUT2D eigenvalue weighted by atomic mass is 127. The van der Waals surface area contributed by atoms with Crippen LogP contribution in [0.3, 0.4) is 0 Å². The van der Waals surface area contributed by atoms with Crippen molar-refractivity contribution in [2.24, 2.45) is 52.3 Å². The lowest BCUT2D eigenvalue weighted by atomic mass is 9.44. The van der Waals surface area contributed by atoms with E-state index in [4.69, 9.17) is 4.74 Å². The molecule has 2 nitrogen and oxygen atoms in total. The van der Waals surface area contributed by atoms with Crippen molar-refractivity contribution in [2.75, 3.05) is 0 Å². The number of carbonyl (C=O) groups excluding carboxylic acids is 1. The van der Waals surface area contributed by atoms with E-state index in [1.54, 1.807) is 6.92 Å². The summed E-state index contributed by atoms with van der Waals surface area (Å²) in [4.78, 5) is 11.8. The molecule has 0 bridgehead atoms. The van der Waals surface area contributed by atoms with E-state index >= 15 is 0 Å². The van der Waals surface area contributed by atoms with Gasteiger partial charge in [0.05, 0.1) is 0 Å². The van der Waals surface area contributed by atoms with Crippen molar-refractivity contribution in [3.8, 4) is 0 Å². The van der Waals surface area contributed by atoms with Crippen LogP contribution in [0.25, 0.3) is 0 Å². The molecular formula is C29H49IO2. The van der Waals surface area contributed by atoms with Crippen LogP contribution in [0.4, 0.5) is 0 Å². The summed E-state index contributed by atoms with van der Waals surface area (Å²) in [5.41, 5.74) is 0.935. The molecule has 0 N–H and O–H groups in total. The van der Waals surface area contributed by atoms with Gasteiger partial charge in [-0.15, -0.1) is 0 Å². The molecule has 0 unspecified atom stereocenters. The summed E-state index contributed by atoms with van der Waals surface area (Å²) in [7, 11) is 0. The van der Waals surface area contributed by atoms with Crippen LogP contribution in [-0.4, -0.2) is 16.0 Å². The first-order chi connectivity index (χ1) is 15.1. The molecule has 0 aromatic carbocycles. The molecule has 0 saturated heterocycles. The molecule has 0 radical (unpaired) electrons. The highest BCUT2D eigenvalue weighted by Gasteiger charge is 2.61. The molecule has 32 heavy (non-hydrogen) atoms. The highest BCUT2D eigenvalue weighted by Crippen LogP contribution is 2.68. The highest BCUT2D eigenvalue weighted by molar-refractivity contribution is 14.1. The van der Waals surface area contributed by atoms with Crippen molar-refractivity contribution < 1.29 is 9.53 Å². The fourth-order valence-electron chi connectivity index (χ4n) is 9.58. The van der Waals surface area contributed by atoms with Crippen LogP contribution in [0.5, 0.6) is 0 Å². The maximum Gasteiger partial charge on any atom is 0.302 e. The minimum Gasteiger partial charge on any atom is -0.461 e. The smallest absolute Gasteiger partial charge is 0.302 e. The summed E-state index contributed by atoms with van der Waals surface area (Å²) in [6, 6.07) is 0. The van der Waals surface area contributed by atoms with Crippen LogP contribution in [0.1, 0.15) is 112 Å². The molecule has 10 atom stereocenters. The molecule has 0 spiro atoms. The minimum atomic E-state index is -0.0904. The van der Waals surface area contributed by atoms with Gasteiger partial charge in [-0.1, -0.05) is 76.5 Å². The number of hydrogen-bond donors (Lipinski definition) is 0. The van der Waals surface area contributed by atoms with Gasteiger partial charge in [0.15, 0.2) is 0 Å². The quantitative estimate of drug-likeness (QED) is 0.186. The summed E-state index contributed by atoms with van der Waals surface area (Å²) in [5, 5.41) is 0. The zero-order chi connectivity index (χ0) is 23.3. The largest absolute Gasteiger partial charge is 0.461 e. The first-order valence-corrected chi connectivity index (χ1v) is 15.1. The lowest BCUT2D eigenvalue weighted by Gasteiger charge is -2.62. The summed E-state index contributed by atoms with van der Waals surface area (Å²) >= 11 is 2.57. The topological polar surface area (TPSA) is 26.3 Å². The van der Waals surface area contributed by atoms with Gasteiger partial charge in [0, 0.05) is 10.8 Å². The number of esters is 1. The summed E-state index contributed by atoms with van der Waals surface area (Å²) in [6.07, 6.45) is 15.4. The van der Waals surface area contributed by atoms with E-state index in [0.29, 0.717) is 14.8 Å². The van der Waals surface area contributed by atoms with Gasteiger partial charge in [0.2, 0.25) is 0 Å². The number of carbonyl (C=O) groups is 1. The van der Waals surface area contributed by atoms with E-state index in [9.17, 15) is 4.79 Å². The molecule has 0 aromatic heterocycles. The average molecular weight is 557 g/mol. The third-order valence-electron chi connectivity index (χ3n) is 11.1. The number of alkyl halides is 1. The maximum atomic E-state index is 11.8. The van der Waals surface area contributed by atoms with Crippen LogP contribution in [-0.2, 0) is 9.53 Å². The standard InChI is InChI=1S/C29H49IO2/c1-18(2)8-7-9-19(3)23-12-13-24-22-11-10-21-16-26(30)27(32-20(4)31)17-29(21,6)25(22)14-15-28(23,24)5/h18-19,21-27H,7-17H2,1-6H3/t19-,21+,22+,23-,24-,25-,26+,27-,28+,29+/m1/s1. The van der Waals surface area contributed by atoms with E-state index in [1.165, 1.54) is 64.2 Å². The van der Waals surface area contributed by atoms with Gasteiger partial charge >= 0.3 is 5.97 Å². The van der Waals surface area contributed by atoms with Crippen molar-refractivity contribution in [3.05, 3.63) is 0 Å². The summed E-state index contributed by atoms with van der Waals surface area (Å²) in [6.45, 7) is 14.2. The van der Waals surface area contributed by atoms with Gasteiger partial charge in [-0.05, 0) is 104 Å². The van der Waals surface area contributed by atoms with Crippen LogP contribution in [0.15, 0.2) is 0 Å².